The number of hydrogen-bond donors (Lipinski definition) is 1. The van der Waals surface area contributed by atoms with Gasteiger partial charge in [-0.05, 0) is 31.3 Å². The minimum absolute atomic E-state index is 0.110. The van der Waals surface area contributed by atoms with Crippen LogP contribution in [0.3, 0.4) is 0 Å². The van der Waals surface area contributed by atoms with Gasteiger partial charge >= 0.3 is 0 Å². The summed E-state index contributed by atoms with van der Waals surface area (Å²) >= 11 is 0. The minimum atomic E-state index is -0.110. The normalized spacial score (nSPS) is 12.2. The van der Waals surface area contributed by atoms with Crippen LogP contribution in [0.2, 0.25) is 0 Å². The van der Waals surface area contributed by atoms with E-state index in [1.54, 1.807) is 14.2 Å². The molecule has 0 saturated carbocycles. The zero-order valence-corrected chi connectivity index (χ0v) is 12.4. The predicted octanol–water partition coefficient (Wildman–Crippen LogP) is 3.17. The van der Waals surface area contributed by atoms with Gasteiger partial charge in [0.2, 0.25) is 0 Å². The van der Waals surface area contributed by atoms with Crippen LogP contribution in [0, 0.1) is 0 Å². The monoisotopic (exact) mass is 275 g/mol. The van der Waals surface area contributed by atoms with E-state index in [9.17, 15) is 0 Å². The molecule has 20 heavy (non-hydrogen) atoms. The third-order valence-electron chi connectivity index (χ3n) is 3.36. The lowest BCUT2D eigenvalue weighted by molar-refractivity contribution is 0.366. The average molecular weight is 275 g/mol. The number of ether oxygens (including phenoxy) is 2. The molecule has 1 N–H and O–H groups in total. The molecule has 1 heterocycles. The maximum Gasteiger partial charge on any atom is 0.127 e. The summed E-state index contributed by atoms with van der Waals surface area (Å²) in [4.78, 5) is 0. The topological polar surface area (TPSA) is 43.6 Å². The van der Waals surface area contributed by atoms with Crippen molar-refractivity contribution in [2.75, 3.05) is 21.3 Å². The van der Waals surface area contributed by atoms with Crippen LogP contribution < -0.4 is 14.8 Å². The zero-order chi connectivity index (χ0) is 14.5. The molecule has 0 aliphatic heterocycles. The Morgan fingerprint density at radius 3 is 2.20 bits per heavy atom. The van der Waals surface area contributed by atoms with Crippen molar-refractivity contribution in [3.05, 3.63) is 47.4 Å². The van der Waals surface area contributed by atoms with Crippen molar-refractivity contribution >= 4 is 0 Å². The first kappa shape index (κ1) is 14.5. The first-order valence-electron chi connectivity index (χ1n) is 6.71. The van der Waals surface area contributed by atoms with Crippen LogP contribution >= 0.6 is 0 Å². The van der Waals surface area contributed by atoms with Crippen molar-refractivity contribution in [1.82, 2.24) is 5.32 Å². The number of methoxy groups -OCH3 is 2. The van der Waals surface area contributed by atoms with E-state index in [4.69, 9.17) is 13.9 Å². The number of hydrogen-bond acceptors (Lipinski definition) is 4. The summed E-state index contributed by atoms with van der Waals surface area (Å²) in [6, 6.07) is 9.64. The van der Waals surface area contributed by atoms with Crippen molar-refractivity contribution in [3.8, 4) is 11.5 Å². The van der Waals surface area contributed by atoms with Gasteiger partial charge in [0.05, 0.1) is 25.8 Å². The van der Waals surface area contributed by atoms with Crippen molar-refractivity contribution in [2.24, 2.45) is 0 Å². The summed E-state index contributed by atoms with van der Waals surface area (Å²) in [6.45, 7) is 2.07. The summed E-state index contributed by atoms with van der Waals surface area (Å²) in [7, 11) is 5.21. The first-order valence-corrected chi connectivity index (χ1v) is 6.71. The second kappa shape index (κ2) is 6.48. The molecule has 0 fully saturated rings. The van der Waals surface area contributed by atoms with Crippen molar-refractivity contribution in [1.29, 1.82) is 0 Å². The standard InChI is InChI=1S/C16H21NO3/c1-5-11-9-10-14(20-11)16(17-2)15-12(18-3)7-6-8-13(15)19-4/h6-10,16-17H,5H2,1-4H3. The van der Waals surface area contributed by atoms with Gasteiger partial charge in [-0.2, -0.15) is 0 Å². The van der Waals surface area contributed by atoms with Gasteiger partial charge in [-0.25, -0.2) is 0 Å². The zero-order valence-electron chi connectivity index (χ0n) is 12.4. The Morgan fingerprint density at radius 1 is 1.10 bits per heavy atom. The molecule has 1 aromatic carbocycles. The molecule has 1 atom stereocenters. The van der Waals surface area contributed by atoms with Gasteiger partial charge in [0.15, 0.2) is 0 Å². The number of furan rings is 1. The second-order valence-electron chi connectivity index (χ2n) is 4.46. The highest BCUT2D eigenvalue weighted by Gasteiger charge is 2.23. The molecule has 0 radical (unpaired) electrons. The van der Waals surface area contributed by atoms with Gasteiger partial charge in [0, 0.05) is 6.42 Å². The summed E-state index contributed by atoms with van der Waals surface area (Å²) < 4.78 is 16.8. The van der Waals surface area contributed by atoms with Crippen LogP contribution in [-0.4, -0.2) is 21.3 Å². The maximum atomic E-state index is 5.87. The van der Waals surface area contributed by atoms with Crippen molar-refractivity contribution < 1.29 is 13.9 Å². The Hall–Kier alpha value is -1.94. The maximum absolute atomic E-state index is 5.87. The quantitative estimate of drug-likeness (QED) is 0.879. The largest absolute Gasteiger partial charge is 0.496 e. The van der Waals surface area contributed by atoms with Crippen LogP contribution in [0.15, 0.2) is 34.7 Å². The number of aryl methyl sites for hydroxylation is 1. The summed E-state index contributed by atoms with van der Waals surface area (Å²) in [5.74, 6) is 3.37. The van der Waals surface area contributed by atoms with Crippen LogP contribution in [0.1, 0.15) is 30.0 Å². The minimum Gasteiger partial charge on any atom is -0.496 e. The lowest BCUT2D eigenvalue weighted by Crippen LogP contribution is -2.18. The molecular formula is C16H21NO3. The molecule has 0 saturated heterocycles. The molecule has 4 nitrogen and oxygen atoms in total. The molecule has 1 aromatic heterocycles. The molecule has 2 aromatic rings. The van der Waals surface area contributed by atoms with Crippen molar-refractivity contribution in [3.63, 3.8) is 0 Å². The van der Waals surface area contributed by atoms with Crippen LogP contribution in [-0.2, 0) is 6.42 Å². The molecule has 0 spiro atoms. The molecule has 4 heteroatoms. The molecular weight excluding hydrogens is 254 g/mol. The Kier molecular flexibility index (Phi) is 4.69. The Labute approximate surface area is 119 Å². The second-order valence-corrected chi connectivity index (χ2v) is 4.46. The fraction of sp³-hybridized carbons (Fsp3) is 0.375. The van der Waals surface area contributed by atoms with Crippen LogP contribution in [0.5, 0.6) is 11.5 Å². The predicted molar refractivity (Wildman–Crippen MR) is 78.5 cm³/mol. The fourth-order valence-electron chi connectivity index (χ4n) is 2.33. The van der Waals surface area contributed by atoms with Gasteiger partial charge in [-0.1, -0.05) is 13.0 Å². The smallest absolute Gasteiger partial charge is 0.127 e. The van der Waals surface area contributed by atoms with E-state index in [2.05, 4.69) is 12.2 Å². The average Bonchev–Trinajstić information content (AvgIpc) is 2.97. The van der Waals surface area contributed by atoms with E-state index in [-0.39, 0.29) is 6.04 Å². The van der Waals surface area contributed by atoms with Gasteiger partial charge in [-0.15, -0.1) is 0 Å². The number of rotatable bonds is 6. The van der Waals surface area contributed by atoms with Gasteiger partial charge in [0.25, 0.3) is 0 Å². The van der Waals surface area contributed by atoms with Crippen molar-refractivity contribution in [2.45, 2.75) is 19.4 Å². The highest BCUT2D eigenvalue weighted by molar-refractivity contribution is 5.49. The Bertz CT molecular complexity index is 540. The summed E-state index contributed by atoms with van der Waals surface area (Å²) in [6.07, 6.45) is 0.874. The van der Waals surface area contributed by atoms with E-state index in [1.165, 1.54) is 0 Å². The molecule has 0 amide bonds. The van der Waals surface area contributed by atoms with Gasteiger partial charge in [-0.3, -0.25) is 0 Å². The van der Waals surface area contributed by atoms with Gasteiger partial charge in [0.1, 0.15) is 23.0 Å². The molecule has 0 aliphatic carbocycles. The third-order valence-corrected chi connectivity index (χ3v) is 3.36. The lowest BCUT2D eigenvalue weighted by Gasteiger charge is -2.20. The molecule has 2 rings (SSSR count). The lowest BCUT2D eigenvalue weighted by atomic mass is 10.0. The van der Waals surface area contributed by atoms with E-state index in [1.807, 2.05) is 37.4 Å². The number of nitrogens with one attached hydrogen (secondary N) is 1. The summed E-state index contributed by atoms with van der Waals surface area (Å²) in [5.41, 5.74) is 0.942. The highest BCUT2D eigenvalue weighted by Crippen LogP contribution is 2.37. The molecule has 0 aliphatic rings. The van der Waals surface area contributed by atoms with E-state index in [0.717, 1.165) is 35.0 Å². The first-order chi connectivity index (χ1) is 9.74. The van der Waals surface area contributed by atoms with Crippen LogP contribution in [0.4, 0.5) is 0 Å². The Morgan fingerprint density at radius 2 is 1.75 bits per heavy atom. The Balaban J connectivity index is 2.50. The van der Waals surface area contributed by atoms with Crippen LogP contribution in [0.25, 0.3) is 0 Å². The van der Waals surface area contributed by atoms with E-state index >= 15 is 0 Å². The highest BCUT2D eigenvalue weighted by atomic mass is 16.5. The number of benzene rings is 1. The van der Waals surface area contributed by atoms with Gasteiger partial charge < -0.3 is 19.2 Å². The third kappa shape index (κ3) is 2.65. The summed E-state index contributed by atoms with van der Waals surface area (Å²) in [5, 5.41) is 3.27. The van der Waals surface area contributed by atoms with E-state index in [0.29, 0.717) is 0 Å². The molecule has 1 unspecified atom stereocenters. The molecule has 108 valence electrons. The molecule has 0 bridgehead atoms. The fourth-order valence-corrected chi connectivity index (χ4v) is 2.33. The SMILES string of the molecule is CCc1ccc(C(NC)c2c(OC)cccc2OC)o1. The van der Waals surface area contributed by atoms with E-state index < -0.39 is 0 Å².